The highest BCUT2D eigenvalue weighted by molar-refractivity contribution is 7.91. The lowest BCUT2D eigenvalue weighted by Crippen LogP contribution is -2.05. The molecule has 1 aromatic rings. The molecule has 0 saturated heterocycles. The Balaban J connectivity index is 3.01. The summed E-state index contributed by atoms with van der Waals surface area (Å²) in [5, 5.41) is 3.86. The first-order valence-corrected chi connectivity index (χ1v) is 5.49. The second-order valence-corrected chi connectivity index (χ2v) is 5.15. The SMILES string of the molecule is C=C(Cl)CS(=O)(=O)c1cnn(C)c1. The summed E-state index contributed by atoms with van der Waals surface area (Å²) in [5.74, 6) is -0.250. The first-order valence-electron chi connectivity index (χ1n) is 3.46. The fourth-order valence-corrected chi connectivity index (χ4v) is 2.38. The van der Waals surface area contributed by atoms with Gasteiger partial charge in [-0.3, -0.25) is 4.68 Å². The van der Waals surface area contributed by atoms with Crippen molar-refractivity contribution in [2.75, 3.05) is 5.75 Å². The van der Waals surface area contributed by atoms with Crippen molar-refractivity contribution < 1.29 is 8.42 Å². The van der Waals surface area contributed by atoms with E-state index in [0.717, 1.165) is 0 Å². The standard InChI is InChI=1S/C7H9ClN2O2S/c1-6(8)5-13(11,12)7-3-9-10(2)4-7/h3-4H,1,5H2,2H3. The van der Waals surface area contributed by atoms with E-state index >= 15 is 0 Å². The average molecular weight is 221 g/mol. The fourth-order valence-electron chi connectivity index (χ4n) is 0.849. The molecule has 0 fully saturated rings. The Morgan fingerprint density at radius 2 is 2.38 bits per heavy atom. The predicted octanol–water partition coefficient (Wildman–Crippen LogP) is 0.946. The fraction of sp³-hybridized carbons (Fsp3) is 0.286. The maximum absolute atomic E-state index is 11.5. The van der Waals surface area contributed by atoms with Crippen LogP contribution in [0.25, 0.3) is 0 Å². The molecule has 72 valence electrons. The Morgan fingerprint density at radius 3 is 2.77 bits per heavy atom. The van der Waals surface area contributed by atoms with Gasteiger partial charge in [0.15, 0.2) is 9.84 Å². The third kappa shape index (κ3) is 2.57. The molecule has 1 rings (SSSR count). The summed E-state index contributed by atoms with van der Waals surface area (Å²) in [6.07, 6.45) is 2.71. The van der Waals surface area contributed by atoms with Crippen molar-refractivity contribution in [2.45, 2.75) is 4.90 Å². The largest absolute Gasteiger partial charge is 0.274 e. The molecule has 0 radical (unpaired) electrons. The van der Waals surface area contributed by atoms with Gasteiger partial charge in [-0.15, -0.1) is 0 Å². The summed E-state index contributed by atoms with van der Waals surface area (Å²) in [5.41, 5.74) is 0. The van der Waals surface area contributed by atoms with Gasteiger partial charge in [0.05, 0.1) is 11.9 Å². The van der Waals surface area contributed by atoms with E-state index in [1.807, 2.05) is 0 Å². The van der Waals surface area contributed by atoms with E-state index in [9.17, 15) is 8.42 Å². The van der Waals surface area contributed by atoms with Crippen molar-refractivity contribution in [3.8, 4) is 0 Å². The molecule has 0 spiro atoms. The summed E-state index contributed by atoms with van der Waals surface area (Å²) < 4.78 is 24.3. The van der Waals surface area contributed by atoms with Crippen LogP contribution in [-0.4, -0.2) is 24.0 Å². The predicted molar refractivity (Wildman–Crippen MR) is 50.3 cm³/mol. The number of nitrogens with zero attached hydrogens (tertiary/aromatic N) is 2. The molecular weight excluding hydrogens is 212 g/mol. The summed E-state index contributed by atoms with van der Waals surface area (Å²) in [6, 6.07) is 0. The van der Waals surface area contributed by atoms with E-state index in [0.29, 0.717) is 0 Å². The van der Waals surface area contributed by atoms with Crippen molar-refractivity contribution >= 4 is 21.4 Å². The van der Waals surface area contributed by atoms with Crippen LogP contribution in [0.1, 0.15) is 0 Å². The van der Waals surface area contributed by atoms with Crippen molar-refractivity contribution in [1.29, 1.82) is 0 Å². The Kier molecular flexibility index (Phi) is 2.77. The minimum atomic E-state index is -3.35. The van der Waals surface area contributed by atoms with Gasteiger partial charge in [-0.05, 0) is 0 Å². The molecule has 4 nitrogen and oxygen atoms in total. The minimum Gasteiger partial charge on any atom is -0.274 e. The van der Waals surface area contributed by atoms with Crippen molar-refractivity contribution in [1.82, 2.24) is 9.78 Å². The van der Waals surface area contributed by atoms with Crippen LogP contribution in [-0.2, 0) is 16.9 Å². The lowest BCUT2D eigenvalue weighted by Gasteiger charge is -1.97. The van der Waals surface area contributed by atoms with Crippen molar-refractivity contribution in [3.05, 3.63) is 24.0 Å². The zero-order chi connectivity index (χ0) is 10.1. The van der Waals surface area contributed by atoms with Crippen LogP contribution in [0.3, 0.4) is 0 Å². The summed E-state index contributed by atoms with van der Waals surface area (Å²) in [7, 11) is -1.71. The van der Waals surface area contributed by atoms with Crippen LogP contribution < -0.4 is 0 Å². The van der Waals surface area contributed by atoms with Crippen LogP contribution >= 0.6 is 11.6 Å². The van der Waals surface area contributed by atoms with Crippen molar-refractivity contribution in [2.24, 2.45) is 7.05 Å². The topological polar surface area (TPSA) is 52.0 Å². The number of halogens is 1. The van der Waals surface area contributed by atoms with E-state index in [1.54, 1.807) is 7.05 Å². The third-order valence-corrected chi connectivity index (χ3v) is 3.34. The molecule has 0 unspecified atom stereocenters. The van der Waals surface area contributed by atoms with Gasteiger partial charge in [-0.2, -0.15) is 5.10 Å². The normalized spacial score (nSPS) is 11.5. The van der Waals surface area contributed by atoms with E-state index in [1.165, 1.54) is 17.1 Å². The molecule has 0 amide bonds. The second kappa shape index (κ2) is 3.51. The van der Waals surface area contributed by atoms with Crippen LogP contribution in [0.2, 0.25) is 0 Å². The van der Waals surface area contributed by atoms with Gasteiger partial charge in [0.2, 0.25) is 0 Å². The quantitative estimate of drug-likeness (QED) is 0.762. The molecule has 0 saturated carbocycles. The zero-order valence-corrected chi connectivity index (χ0v) is 8.64. The van der Waals surface area contributed by atoms with Gasteiger partial charge < -0.3 is 0 Å². The van der Waals surface area contributed by atoms with Crippen LogP contribution in [0.5, 0.6) is 0 Å². The lowest BCUT2D eigenvalue weighted by atomic mass is 10.7. The van der Waals surface area contributed by atoms with E-state index in [2.05, 4.69) is 11.7 Å². The highest BCUT2D eigenvalue weighted by Crippen LogP contribution is 2.13. The Morgan fingerprint density at radius 1 is 1.77 bits per heavy atom. The van der Waals surface area contributed by atoms with Gasteiger partial charge in [0.1, 0.15) is 4.90 Å². The number of aryl methyl sites for hydroxylation is 1. The van der Waals surface area contributed by atoms with Crippen LogP contribution in [0.4, 0.5) is 0 Å². The van der Waals surface area contributed by atoms with E-state index in [-0.39, 0.29) is 15.7 Å². The second-order valence-electron chi connectivity index (χ2n) is 2.63. The maximum Gasteiger partial charge on any atom is 0.186 e. The molecule has 0 bridgehead atoms. The van der Waals surface area contributed by atoms with Crippen molar-refractivity contribution in [3.63, 3.8) is 0 Å². The highest BCUT2D eigenvalue weighted by atomic mass is 35.5. The summed E-state index contributed by atoms with van der Waals surface area (Å²) >= 11 is 5.42. The molecular formula is C7H9ClN2O2S. The molecule has 0 aliphatic heterocycles. The molecule has 1 heterocycles. The van der Waals surface area contributed by atoms with Crippen LogP contribution in [0, 0.1) is 0 Å². The third-order valence-electron chi connectivity index (χ3n) is 1.39. The Hall–Kier alpha value is -0.810. The highest BCUT2D eigenvalue weighted by Gasteiger charge is 2.16. The van der Waals surface area contributed by atoms with Gasteiger partial charge >= 0.3 is 0 Å². The monoisotopic (exact) mass is 220 g/mol. The summed E-state index contributed by atoms with van der Waals surface area (Å²) in [4.78, 5) is 0.164. The molecule has 0 aliphatic carbocycles. The van der Waals surface area contributed by atoms with Gasteiger partial charge in [0.25, 0.3) is 0 Å². The molecule has 0 aromatic carbocycles. The Labute approximate surface area is 81.7 Å². The van der Waals surface area contributed by atoms with Gasteiger partial charge in [-0.1, -0.05) is 18.2 Å². The number of hydrogen-bond donors (Lipinski definition) is 0. The first kappa shape index (κ1) is 10.3. The molecule has 13 heavy (non-hydrogen) atoms. The number of aromatic nitrogens is 2. The minimum absolute atomic E-state index is 0.101. The van der Waals surface area contributed by atoms with Gasteiger partial charge in [0, 0.05) is 18.3 Å². The van der Waals surface area contributed by atoms with E-state index in [4.69, 9.17) is 11.6 Å². The average Bonchev–Trinajstić information content (AvgIpc) is 2.32. The molecule has 6 heteroatoms. The van der Waals surface area contributed by atoms with E-state index < -0.39 is 9.84 Å². The Bertz CT molecular complexity index is 421. The molecule has 1 aromatic heterocycles. The first-order chi connectivity index (χ1) is 5.92. The number of rotatable bonds is 3. The van der Waals surface area contributed by atoms with Crippen LogP contribution in [0.15, 0.2) is 28.9 Å². The zero-order valence-electron chi connectivity index (χ0n) is 7.07. The molecule has 0 N–H and O–H groups in total. The van der Waals surface area contributed by atoms with Gasteiger partial charge in [-0.25, -0.2) is 8.42 Å². The maximum atomic E-state index is 11.5. The lowest BCUT2D eigenvalue weighted by molar-refractivity contribution is 0.598. The summed E-state index contributed by atoms with van der Waals surface area (Å²) in [6.45, 7) is 3.33. The number of sulfone groups is 1. The number of hydrogen-bond acceptors (Lipinski definition) is 3. The smallest absolute Gasteiger partial charge is 0.186 e. The molecule has 0 atom stereocenters. The molecule has 0 aliphatic rings.